The maximum atomic E-state index is 14.1. The van der Waals surface area contributed by atoms with Gasteiger partial charge in [0.05, 0.1) is 16.8 Å². The van der Waals surface area contributed by atoms with Crippen molar-refractivity contribution >= 4 is 22.4 Å². The average molecular weight is 409 g/mol. The van der Waals surface area contributed by atoms with Gasteiger partial charge in [-0.3, -0.25) is 9.78 Å². The minimum atomic E-state index is -0.586. The monoisotopic (exact) mass is 409 g/mol. The van der Waals surface area contributed by atoms with Crippen LogP contribution in [-0.4, -0.2) is 22.9 Å². The van der Waals surface area contributed by atoms with Gasteiger partial charge in [0, 0.05) is 29.2 Å². The van der Waals surface area contributed by atoms with Crippen molar-refractivity contribution in [1.29, 1.82) is 0 Å². The largest absolute Gasteiger partial charge is 0.381 e. The second-order valence-corrected chi connectivity index (χ2v) is 8.16. The minimum Gasteiger partial charge on any atom is -0.381 e. The molecule has 0 aliphatic heterocycles. The topological polar surface area (TPSA) is 68.0 Å². The first-order valence-electron chi connectivity index (χ1n) is 10.3. The number of aromatic nitrogens is 1. The Bertz CT molecular complexity index is 1100. The molecule has 1 saturated carbocycles. The summed E-state index contributed by atoms with van der Waals surface area (Å²) in [6, 6.07) is 8.54. The van der Waals surface area contributed by atoms with E-state index < -0.39 is 11.6 Å². The Morgan fingerprint density at radius 2 is 1.73 bits per heavy atom. The molecule has 0 spiro atoms. The molecule has 1 aromatic heterocycles. The summed E-state index contributed by atoms with van der Waals surface area (Å²) in [4.78, 5) is 16.7. The minimum absolute atomic E-state index is 0.00191. The summed E-state index contributed by atoms with van der Waals surface area (Å²) in [6.45, 7) is 2.93. The number of pyridine rings is 1. The second-order valence-electron chi connectivity index (χ2n) is 8.16. The van der Waals surface area contributed by atoms with Crippen molar-refractivity contribution in [2.45, 2.75) is 51.6 Å². The zero-order chi connectivity index (χ0) is 21.4. The quantitative estimate of drug-likeness (QED) is 0.568. The fourth-order valence-corrected chi connectivity index (χ4v) is 4.07. The van der Waals surface area contributed by atoms with Crippen LogP contribution in [-0.2, 0) is 0 Å². The lowest BCUT2D eigenvalue weighted by Gasteiger charge is -2.28. The molecule has 1 heterocycles. The fraction of sp³-hybridized carbons (Fsp3) is 0.333. The van der Waals surface area contributed by atoms with Crippen LogP contribution in [0, 0.1) is 18.6 Å². The summed E-state index contributed by atoms with van der Waals surface area (Å²) in [5.41, 5.74) is 9.08. The molecule has 4 nitrogen and oxygen atoms in total. The summed E-state index contributed by atoms with van der Waals surface area (Å²) in [7, 11) is 0. The molecule has 156 valence electrons. The van der Waals surface area contributed by atoms with Gasteiger partial charge in [-0.25, -0.2) is 8.78 Å². The number of carbonyl (C=O) groups excluding carboxylic acids is 1. The molecule has 2 aromatic carbocycles. The summed E-state index contributed by atoms with van der Waals surface area (Å²) in [5.74, 6) is -1.26. The Kier molecular flexibility index (Phi) is 5.52. The van der Waals surface area contributed by atoms with Gasteiger partial charge in [0.1, 0.15) is 11.6 Å². The molecule has 0 saturated heterocycles. The second kappa shape index (κ2) is 8.11. The third-order valence-electron chi connectivity index (χ3n) is 5.98. The van der Waals surface area contributed by atoms with E-state index in [2.05, 4.69) is 10.3 Å². The number of carbonyl (C=O) groups is 1. The van der Waals surface area contributed by atoms with Crippen molar-refractivity contribution in [3.8, 4) is 11.1 Å². The third kappa shape index (κ3) is 3.92. The van der Waals surface area contributed by atoms with E-state index in [4.69, 9.17) is 5.73 Å². The Morgan fingerprint density at radius 3 is 2.37 bits per heavy atom. The molecule has 0 unspecified atom stereocenters. The predicted molar refractivity (Wildman–Crippen MR) is 116 cm³/mol. The number of benzene rings is 2. The summed E-state index contributed by atoms with van der Waals surface area (Å²) in [6.07, 6.45) is 5.31. The van der Waals surface area contributed by atoms with E-state index in [0.717, 1.165) is 36.8 Å². The number of nitrogens with zero attached hydrogens (tertiary/aromatic N) is 1. The molecule has 0 atom stereocenters. The average Bonchev–Trinajstić information content (AvgIpc) is 2.73. The lowest BCUT2D eigenvalue weighted by molar-refractivity contribution is 0.101. The van der Waals surface area contributed by atoms with Crippen LogP contribution >= 0.6 is 0 Å². The highest BCUT2D eigenvalue weighted by Crippen LogP contribution is 2.33. The molecule has 3 aromatic rings. The number of nitrogens with two attached hydrogens (primary N) is 1. The number of rotatable bonds is 4. The van der Waals surface area contributed by atoms with Crippen LogP contribution in [0.1, 0.15) is 48.5 Å². The highest BCUT2D eigenvalue weighted by atomic mass is 19.1. The fourth-order valence-electron chi connectivity index (χ4n) is 4.07. The van der Waals surface area contributed by atoms with Gasteiger partial charge in [-0.15, -0.1) is 0 Å². The van der Waals surface area contributed by atoms with E-state index in [-0.39, 0.29) is 23.4 Å². The number of hydrogen-bond acceptors (Lipinski definition) is 4. The SMILES string of the molecule is CC(=O)c1cnc2ccc(-c3cc(F)c(C)c(F)c3)cc2c1N[C@H]1CC[C@H](N)CC1. The van der Waals surface area contributed by atoms with Crippen molar-refractivity contribution in [2.75, 3.05) is 5.32 Å². The van der Waals surface area contributed by atoms with Gasteiger partial charge in [-0.05, 0) is 74.9 Å². The molecule has 1 aliphatic carbocycles. The highest BCUT2D eigenvalue weighted by molar-refractivity contribution is 6.07. The molecule has 1 fully saturated rings. The Labute approximate surface area is 174 Å². The van der Waals surface area contributed by atoms with Crippen molar-refractivity contribution in [2.24, 2.45) is 5.73 Å². The van der Waals surface area contributed by atoms with Crippen molar-refractivity contribution in [3.63, 3.8) is 0 Å². The molecule has 6 heteroatoms. The van der Waals surface area contributed by atoms with Crippen molar-refractivity contribution in [3.05, 3.63) is 59.3 Å². The molecule has 3 N–H and O–H groups in total. The normalized spacial score (nSPS) is 19.1. The zero-order valence-electron chi connectivity index (χ0n) is 17.1. The molecule has 0 radical (unpaired) electrons. The first-order chi connectivity index (χ1) is 14.3. The summed E-state index contributed by atoms with van der Waals surface area (Å²) >= 11 is 0. The first kappa shape index (κ1) is 20.4. The van der Waals surface area contributed by atoms with Crippen LogP contribution in [0.3, 0.4) is 0 Å². The van der Waals surface area contributed by atoms with Gasteiger partial charge in [0.2, 0.25) is 0 Å². The Morgan fingerprint density at radius 1 is 1.07 bits per heavy atom. The smallest absolute Gasteiger partial charge is 0.163 e. The zero-order valence-corrected chi connectivity index (χ0v) is 17.1. The van der Waals surface area contributed by atoms with E-state index in [1.807, 2.05) is 12.1 Å². The van der Waals surface area contributed by atoms with Gasteiger partial charge >= 0.3 is 0 Å². The molecule has 30 heavy (non-hydrogen) atoms. The molecular formula is C24H25F2N3O. The number of nitrogens with one attached hydrogen (secondary N) is 1. The van der Waals surface area contributed by atoms with E-state index in [0.29, 0.717) is 22.2 Å². The maximum absolute atomic E-state index is 14.1. The summed E-state index contributed by atoms with van der Waals surface area (Å²) < 4.78 is 28.2. The third-order valence-corrected chi connectivity index (χ3v) is 5.98. The van der Waals surface area contributed by atoms with Crippen LogP contribution in [0.5, 0.6) is 0 Å². The van der Waals surface area contributed by atoms with Gasteiger partial charge in [-0.1, -0.05) is 6.07 Å². The Hall–Kier alpha value is -2.86. The van der Waals surface area contributed by atoms with E-state index in [1.54, 1.807) is 12.3 Å². The molecule has 0 bridgehead atoms. The number of hydrogen-bond donors (Lipinski definition) is 2. The van der Waals surface area contributed by atoms with Crippen LogP contribution in [0.4, 0.5) is 14.5 Å². The van der Waals surface area contributed by atoms with Crippen LogP contribution < -0.4 is 11.1 Å². The van der Waals surface area contributed by atoms with E-state index in [9.17, 15) is 13.6 Å². The number of ketones is 1. The maximum Gasteiger partial charge on any atom is 0.163 e. The lowest BCUT2D eigenvalue weighted by Crippen LogP contribution is -2.33. The van der Waals surface area contributed by atoms with E-state index in [1.165, 1.54) is 26.0 Å². The Balaban J connectivity index is 1.82. The lowest BCUT2D eigenvalue weighted by atomic mass is 9.91. The van der Waals surface area contributed by atoms with Gasteiger partial charge in [0.15, 0.2) is 5.78 Å². The summed E-state index contributed by atoms with van der Waals surface area (Å²) in [5, 5.41) is 4.30. The first-order valence-corrected chi connectivity index (χ1v) is 10.3. The van der Waals surface area contributed by atoms with Crippen LogP contribution in [0.25, 0.3) is 22.0 Å². The predicted octanol–water partition coefficient (Wildman–Crippen LogP) is 5.37. The van der Waals surface area contributed by atoms with Crippen LogP contribution in [0.2, 0.25) is 0 Å². The molecule has 0 amide bonds. The number of fused-ring (bicyclic) bond motifs is 1. The molecular weight excluding hydrogens is 384 g/mol. The molecule has 4 rings (SSSR count). The van der Waals surface area contributed by atoms with E-state index >= 15 is 0 Å². The number of Topliss-reactive ketones (excluding diaryl/α,β-unsaturated/α-hetero) is 1. The van der Waals surface area contributed by atoms with Gasteiger partial charge < -0.3 is 11.1 Å². The standard InChI is InChI=1S/C24H25F2N3O/c1-13-21(25)10-16(11-22(13)26)15-3-8-23-19(9-15)24(20(12-28-23)14(2)30)29-18-6-4-17(27)5-7-18/h3,8-12,17-18H,4-7,27H2,1-2H3,(H,28,29)/t17-,18-. The van der Waals surface area contributed by atoms with Crippen molar-refractivity contribution < 1.29 is 13.6 Å². The highest BCUT2D eigenvalue weighted by Gasteiger charge is 2.22. The van der Waals surface area contributed by atoms with Crippen LogP contribution in [0.15, 0.2) is 36.5 Å². The number of anilines is 1. The molecule has 1 aliphatic rings. The van der Waals surface area contributed by atoms with Gasteiger partial charge in [0.25, 0.3) is 0 Å². The number of halogens is 2. The van der Waals surface area contributed by atoms with Crippen molar-refractivity contribution in [1.82, 2.24) is 4.98 Å². The van der Waals surface area contributed by atoms with Gasteiger partial charge in [-0.2, -0.15) is 0 Å².